The van der Waals surface area contributed by atoms with Gasteiger partial charge < -0.3 is 0 Å². The Morgan fingerprint density at radius 1 is 1.31 bits per heavy atom. The van der Waals surface area contributed by atoms with Gasteiger partial charge in [0.1, 0.15) is 0 Å². The van der Waals surface area contributed by atoms with E-state index >= 15 is 0 Å². The van der Waals surface area contributed by atoms with E-state index in [1.807, 2.05) is 0 Å². The zero-order valence-corrected chi connectivity index (χ0v) is 10.4. The molecule has 0 spiro atoms. The Hall–Kier alpha value is -0.120. The van der Waals surface area contributed by atoms with E-state index in [-0.39, 0.29) is 0 Å². The molecule has 0 N–H and O–H groups in total. The van der Waals surface area contributed by atoms with Gasteiger partial charge in [0.2, 0.25) is 0 Å². The van der Waals surface area contributed by atoms with Gasteiger partial charge in [0, 0.05) is 15.8 Å². The molecule has 0 saturated heterocycles. The lowest BCUT2D eigenvalue weighted by molar-refractivity contribution is 0.633. The molecule has 0 aliphatic rings. The summed E-state index contributed by atoms with van der Waals surface area (Å²) in [6.07, 6.45) is 2.18. The molecular weight excluding hydrogens is 273 g/mol. The molecule has 0 radical (unpaired) electrons. The second kappa shape index (κ2) is 5.58. The van der Waals surface area contributed by atoms with Gasteiger partial charge in [0.15, 0.2) is 0 Å². The zero-order chi connectivity index (χ0) is 9.68. The first-order valence-corrected chi connectivity index (χ1v) is 6.25. The van der Waals surface area contributed by atoms with Gasteiger partial charge in [-0.1, -0.05) is 42.5 Å². The van der Waals surface area contributed by atoms with E-state index in [4.69, 9.17) is 0 Å². The van der Waals surface area contributed by atoms with Gasteiger partial charge in [-0.15, -0.1) is 0 Å². The maximum Gasteiger partial charge on any atom is 0.0414 e. The molecule has 1 aromatic rings. The third-order valence-corrected chi connectivity index (χ3v) is 2.37. The number of nitrogens with zero attached hydrogens (tertiary/aromatic N) is 1. The van der Waals surface area contributed by atoms with Crippen LogP contribution in [0.25, 0.3) is 0 Å². The summed E-state index contributed by atoms with van der Waals surface area (Å²) in [6.45, 7) is 4.46. The normalized spacial score (nSPS) is 10.8. The van der Waals surface area contributed by atoms with Crippen LogP contribution in [0, 0.1) is 5.92 Å². The summed E-state index contributed by atoms with van der Waals surface area (Å²) in [5, 5.41) is 0. The molecule has 1 rings (SSSR count). The van der Waals surface area contributed by atoms with E-state index < -0.39 is 0 Å². The predicted octanol–water partition coefficient (Wildman–Crippen LogP) is 3.26. The largest absolute Gasteiger partial charge is 0.258 e. The van der Waals surface area contributed by atoms with E-state index in [1.54, 1.807) is 0 Å². The summed E-state index contributed by atoms with van der Waals surface area (Å²) in [5.41, 5.74) is 2.46. The van der Waals surface area contributed by atoms with Crippen molar-refractivity contribution in [2.75, 3.05) is 4.43 Å². The molecule has 0 saturated carbocycles. The second-order valence-electron chi connectivity index (χ2n) is 3.66. The smallest absolute Gasteiger partial charge is 0.0414 e. The molecule has 13 heavy (non-hydrogen) atoms. The molecule has 1 aromatic heterocycles. The first kappa shape index (κ1) is 11.0. The van der Waals surface area contributed by atoms with Crippen LogP contribution in [0.1, 0.15) is 25.2 Å². The first-order chi connectivity index (χ1) is 6.22. The number of hydrogen-bond acceptors (Lipinski definition) is 1. The maximum atomic E-state index is 4.60. The van der Waals surface area contributed by atoms with E-state index in [1.165, 1.54) is 11.4 Å². The summed E-state index contributed by atoms with van der Waals surface area (Å²) in [5.74, 6) is 0.697. The third-order valence-electron chi connectivity index (χ3n) is 1.83. The van der Waals surface area contributed by atoms with Crippen molar-refractivity contribution in [2.45, 2.75) is 26.7 Å². The van der Waals surface area contributed by atoms with Crippen LogP contribution in [0.5, 0.6) is 0 Å². The third kappa shape index (κ3) is 4.07. The van der Waals surface area contributed by atoms with Crippen molar-refractivity contribution in [3.63, 3.8) is 0 Å². The van der Waals surface area contributed by atoms with E-state index in [0.717, 1.165) is 17.3 Å². The van der Waals surface area contributed by atoms with Crippen molar-refractivity contribution < 1.29 is 0 Å². The number of alkyl halides is 1. The highest BCUT2D eigenvalue weighted by Crippen LogP contribution is 2.07. The topological polar surface area (TPSA) is 12.9 Å². The minimum absolute atomic E-state index is 0.697. The summed E-state index contributed by atoms with van der Waals surface area (Å²) in [7, 11) is 0. The number of aryl methyl sites for hydroxylation is 1. The average molecular weight is 289 g/mol. The fourth-order valence-corrected chi connectivity index (χ4v) is 1.85. The lowest BCUT2D eigenvalue weighted by Crippen LogP contribution is -2.00. The molecule has 72 valence electrons. The van der Waals surface area contributed by atoms with Gasteiger partial charge in [-0.2, -0.15) is 0 Å². The van der Waals surface area contributed by atoms with E-state index in [2.05, 4.69) is 59.6 Å². The lowest BCUT2D eigenvalue weighted by Gasteiger charge is -2.05. The highest BCUT2D eigenvalue weighted by atomic mass is 127. The Kier molecular flexibility index (Phi) is 4.70. The lowest BCUT2D eigenvalue weighted by atomic mass is 10.1. The quantitative estimate of drug-likeness (QED) is 0.612. The zero-order valence-electron chi connectivity index (χ0n) is 8.26. The number of aromatic nitrogens is 1. The summed E-state index contributed by atoms with van der Waals surface area (Å²) >= 11 is 2.39. The minimum Gasteiger partial charge on any atom is -0.258 e. The van der Waals surface area contributed by atoms with E-state index in [0.29, 0.717) is 5.92 Å². The van der Waals surface area contributed by atoms with Crippen molar-refractivity contribution >= 4 is 22.6 Å². The SMILES string of the molecule is CC(C)Cc1cccc(CCI)n1. The fraction of sp³-hybridized carbons (Fsp3) is 0.545. The van der Waals surface area contributed by atoms with Crippen LogP contribution in [0.15, 0.2) is 18.2 Å². The number of halogens is 1. The maximum absolute atomic E-state index is 4.60. The first-order valence-electron chi connectivity index (χ1n) is 4.73. The van der Waals surface area contributed by atoms with Crippen LogP contribution in [0.3, 0.4) is 0 Å². The Balaban J connectivity index is 2.67. The predicted molar refractivity (Wildman–Crippen MR) is 65.4 cm³/mol. The molecule has 0 aromatic carbocycles. The van der Waals surface area contributed by atoms with Gasteiger partial charge >= 0.3 is 0 Å². The van der Waals surface area contributed by atoms with Crippen LogP contribution in [0.4, 0.5) is 0 Å². The molecular formula is C11H16IN. The number of rotatable bonds is 4. The van der Waals surface area contributed by atoms with Gasteiger partial charge in [-0.05, 0) is 30.9 Å². The molecule has 0 amide bonds. The standard InChI is InChI=1S/C11H16IN/c1-9(2)8-11-5-3-4-10(13-11)6-7-12/h3-5,9H,6-8H2,1-2H3. The van der Waals surface area contributed by atoms with Crippen LogP contribution in [-0.4, -0.2) is 9.41 Å². The monoisotopic (exact) mass is 289 g/mol. The molecule has 0 fully saturated rings. The van der Waals surface area contributed by atoms with Crippen molar-refractivity contribution in [2.24, 2.45) is 5.92 Å². The van der Waals surface area contributed by atoms with Crippen molar-refractivity contribution in [1.29, 1.82) is 0 Å². The fourth-order valence-electron chi connectivity index (χ4n) is 1.30. The molecule has 0 aliphatic carbocycles. The molecule has 0 bridgehead atoms. The van der Waals surface area contributed by atoms with Crippen LogP contribution in [0.2, 0.25) is 0 Å². The van der Waals surface area contributed by atoms with Crippen LogP contribution >= 0.6 is 22.6 Å². The molecule has 1 heterocycles. The van der Waals surface area contributed by atoms with Gasteiger partial charge in [0.25, 0.3) is 0 Å². The van der Waals surface area contributed by atoms with Gasteiger partial charge in [0.05, 0.1) is 0 Å². The van der Waals surface area contributed by atoms with Crippen molar-refractivity contribution in [1.82, 2.24) is 4.98 Å². The minimum atomic E-state index is 0.697. The molecule has 0 aliphatic heterocycles. The number of hydrogen-bond donors (Lipinski definition) is 0. The molecule has 0 atom stereocenters. The Bertz CT molecular complexity index is 258. The Morgan fingerprint density at radius 3 is 2.62 bits per heavy atom. The highest BCUT2D eigenvalue weighted by molar-refractivity contribution is 14.1. The van der Waals surface area contributed by atoms with Crippen LogP contribution < -0.4 is 0 Å². The summed E-state index contributed by atoms with van der Waals surface area (Å²) in [4.78, 5) is 4.60. The summed E-state index contributed by atoms with van der Waals surface area (Å²) < 4.78 is 1.15. The molecule has 0 unspecified atom stereocenters. The molecule has 2 heteroatoms. The number of pyridine rings is 1. The Morgan fingerprint density at radius 2 is 2.00 bits per heavy atom. The molecule has 1 nitrogen and oxygen atoms in total. The summed E-state index contributed by atoms with van der Waals surface area (Å²) in [6, 6.07) is 6.35. The van der Waals surface area contributed by atoms with Gasteiger partial charge in [-0.25, -0.2) is 0 Å². The van der Waals surface area contributed by atoms with Crippen molar-refractivity contribution in [3.8, 4) is 0 Å². The average Bonchev–Trinajstić information content (AvgIpc) is 2.04. The Labute approximate surface area is 94.1 Å². The van der Waals surface area contributed by atoms with E-state index in [9.17, 15) is 0 Å². The van der Waals surface area contributed by atoms with Crippen LogP contribution in [-0.2, 0) is 12.8 Å². The van der Waals surface area contributed by atoms with Gasteiger partial charge in [-0.3, -0.25) is 4.98 Å². The highest BCUT2D eigenvalue weighted by Gasteiger charge is 2.00. The van der Waals surface area contributed by atoms with Crippen molar-refractivity contribution in [3.05, 3.63) is 29.6 Å². The second-order valence-corrected chi connectivity index (χ2v) is 4.74.